The van der Waals surface area contributed by atoms with Gasteiger partial charge >= 0.3 is 5.97 Å². The molecule has 2 N–H and O–H groups in total. The predicted molar refractivity (Wildman–Crippen MR) is 110 cm³/mol. The van der Waals surface area contributed by atoms with Crippen LogP contribution in [0.5, 0.6) is 0 Å². The highest BCUT2D eigenvalue weighted by molar-refractivity contribution is 7.80. The number of carbonyl (C=O) groups excluding carboxylic acids is 1. The summed E-state index contributed by atoms with van der Waals surface area (Å²) in [6.07, 6.45) is 0. The summed E-state index contributed by atoms with van der Waals surface area (Å²) < 4.78 is 5.23. The Morgan fingerprint density at radius 3 is 2.60 bits per heavy atom. The van der Waals surface area contributed by atoms with Crippen LogP contribution >= 0.6 is 34.9 Å². The summed E-state index contributed by atoms with van der Waals surface area (Å²) in [5, 5.41) is 11.3. The largest absolute Gasteiger partial charge is 0.462 e. The van der Waals surface area contributed by atoms with Crippen LogP contribution in [-0.2, 0) is 4.74 Å². The van der Waals surface area contributed by atoms with Gasteiger partial charge < -0.3 is 15.4 Å². The number of carbonyl (C=O) groups is 1. The quantitative estimate of drug-likeness (QED) is 0.449. The van der Waals surface area contributed by atoms with Crippen molar-refractivity contribution in [3.05, 3.63) is 58.8 Å². The molecule has 0 aliphatic carbocycles. The number of benzene rings is 1. The SMILES string of the molecule is CCOC(=O)c1c(-c2cccs2)csc1NC(=S)Nc1ccccc1. The number of ether oxygens (including phenoxy) is 1. The van der Waals surface area contributed by atoms with Gasteiger partial charge in [0.25, 0.3) is 0 Å². The fraction of sp³-hybridized carbons (Fsp3) is 0.111. The number of para-hydroxylation sites is 1. The Hall–Kier alpha value is -2.22. The predicted octanol–water partition coefficient (Wildman–Crippen LogP) is 5.46. The Bertz CT molecular complexity index is 858. The summed E-state index contributed by atoms with van der Waals surface area (Å²) >= 11 is 8.39. The molecule has 25 heavy (non-hydrogen) atoms. The molecule has 0 bridgehead atoms. The van der Waals surface area contributed by atoms with Gasteiger partial charge in [0.15, 0.2) is 5.11 Å². The van der Waals surface area contributed by atoms with Crippen molar-refractivity contribution in [2.75, 3.05) is 17.2 Å². The number of hydrogen-bond donors (Lipinski definition) is 2. The Labute approximate surface area is 159 Å². The maximum absolute atomic E-state index is 12.5. The Kier molecular flexibility index (Phi) is 5.80. The molecule has 0 amide bonds. The molecule has 0 saturated heterocycles. The standard InChI is InChI=1S/C18H16N2O2S3/c1-2-22-17(21)15-13(14-9-6-10-24-14)11-25-16(15)20-18(23)19-12-7-4-3-5-8-12/h3-11H,2H2,1H3,(H2,19,20,23). The second-order valence-corrected chi connectivity index (χ2v) is 7.23. The van der Waals surface area contributed by atoms with Crippen molar-refractivity contribution in [3.63, 3.8) is 0 Å². The molecule has 0 atom stereocenters. The minimum absolute atomic E-state index is 0.324. The van der Waals surface area contributed by atoms with E-state index in [1.54, 1.807) is 18.3 Å². The zero-order chi connectivity index (χ0) is 17.6. The fourth-order valence-electron chi connectivity index (χ4n) is 2.26. The third kappa shape index (κ3) is 4.25. The molecule has 0 saturated carbocycles. The maximum atomic E-state index is 12.5. The summed E-state index contributed by atoms with van der Waals surface area (Å²) in [5.74, 6) is -0.350. The van der Waals surface area contributed by atoms with Gasteiger partial charge in [-0.05, 0) is 42.7 Å². The van der Waals surface area contributed by atoms with Crippen molar-refractivity contribution in [1.29, 1.82) is 0 Å². The molecule has 0 aliphatic rings. The average molecular weight is 389 g/mol. The number of thiophene rings is 2. The van der Waals surface area contributed by atoms with E-state index in [9.17, 15) is 4.79 Å². The normalized spacial score (nSPS) is 10.3. The smallest absolute Gasteiger partial charge is 0.341 e. The second kappa shape index (κ2) is 8.24. The molecule has 0 spiro atoms. The summed E-state index contributed by atoms with van der Waals surface area (Å²) in [7, 11) is 0. The number of anilines is 2. The number of nitrogens with one attached hydrogen (secondary N) is 2. The van der Waals surface area contributed by atoms with Gasteiger partial charge in [0.2, 0.25) is 0 Å². The minimum Gasteiger partial charge on any atom is -0.462 e. The van der Waals surface area contributed by atoms with Crippen LogP contribution in [0.15, 0.2) is 53.2 Å². The van der Waals surface area contributed by atoms with Crippen molar-refractivity contribution in [2.24, 2.45) is 0 Å². The van der Waals surface area contributed by atoms with E-state index in [0.717, 1.165) is 16.1 Å². The molecule has 0 aliphatic heterocycles. The molecular formula is C18H16N2O2S3. The van der Waals surface area contributed by atoms with Gasteiger partial charge in [-0.1, -0.05) is 24.3 Å². The first-order valence-corrected chi connectivity index (χ1v) is 9.81. The first-order chi connectivity index (χ1) is 12.2. The van der Waals surface area contributed by atoms with Gasteiger partial charge in [0, 0.05) is 21.5 Å². The first kappa shape index (κ1) is 17.6. The third-order valence-corrected chi connectivity index (χ3v) is 5.32. The molecule has 3 rings (SSSR count). The molecule has 3 aromatic rings. The van der Waals surface area contributed by atoms with Crippen LogP contribution in [0.2, 0.25) is 0 Å². The molecular weight excluding hydrogens is 372 g/mol. The number of hydrogen-bond acceptors (Lipinski definition) is 5. The second-order valence-electron chi connectivity index (χ2n) is 5.00. The highest BCUT2D eigenvalue weighted by atomic mass is 32.1. The molecule has 1 aromatic carbocycles. The number of esters is 1. The van der Waals surface area contributed by atoms with Crippen LogP contribution in [0.3, 0.4) is 0 Å². The lowest BCUT2D eigenvalue weighted by atomic mass is 10.1. The summed E-state index contributed by atoms with van der Waals surface area (Å²) in [6.45, 7) is 2.12. The van der Waals surface area contributed by atoms with E-state index < -0.39 is 0 Å². The van der Waals surface area contributed by atoms with Gasteiger partial charge in [-0.2, -0.15) is 0 Å². The van der Waals surface area contributed by atoms with E-state index in [-0.39, 0.29) is 5.97 Å². The van der Waals surface area contributed by atoms with Crippen molar-refractivity contribution in [1.82, 2.24) is 0 Å². The Morgan fingerprint density at radius 1 is 1.12 bits per heavy atom. The lowest BCUT2D eigenvalue weighted by molar-refractivity contribution is 0.0529. The van der Waals surface area contributed by atoms with Crippen molar-refractivity contribution in [2.45, 2.75) is 6.92 Å². The molecule has 0 fully saturated rings. The summed E-state index contributed by atoms with van der Waals surface area (Å²) in [4.78, 5) is 13.5. The summed E-state index contributed by atoms with van der Waals surface area (Å²) in [5.41, 5.74) is 2.27. The molecule has 2 heterocycles. The van der Waals surface area contributed by atoms with E-state index in [0.29, 0.717) is 22.3 Å². The number of rotatable bonds is 5. The van der Waals surface area contributed by atoms with E-state index >= 15 is 0 Å². The van der Waals surface area contributed by atoms with Crippen LogP contribution < -0.4 is 10.6 Å². The summed E-state index contributed by atoms with van der Waals surface area (Å²) in [6, 6.07) is 13.6. The van der Waals surface area contributed by atoms with E-state index in [1.165, 1.54) is 11.3 Å². The first-order valence-electron chi connectivity index (χ1n) is 7.64. The van der Waals surface area contributed by atoms with Gasteiger partial charge in [-0.15, -0.1) is 22.7 Å². The zero-order valence-electron chi connectivity index (χ0n) is 13.4. The van der Waals surface area contributed by atoms with E-state index in [4.69, 9.17) is 17.0 Å². The van der Waals surface area contributed by atoms with E-state index in [1.807, 2.05) is 53.2 Å². The number of thiocarbonyl (C=S) groups is 1. The van der Waals surface area contributed by atoms with Gasteiger partial charge in [-0.25, -0.2) is 4.79 Å². The molecule has 0 unspecified atom stereocenters. The van der Waals surface area contributed by atoms with Gasteiger partial charge in [0.1, 0.15) is 10.6 Å². The highest BCUT2D eigenvalue weighted by Gasteiger charge is 2.22. The Morgan fingerprint density at radius 2 is 1.92 bits per heavy atom. The third-order valence-electron chi connectivity index (χ3n) is 3.32. The monoisotopic (exact) mass is 388 g/mol. The maximum Gasteiger partial charge on any atom is 0.341 e. The van der Waals surface area contributed by atoms with Crippen LogP contribution in [-0.4, -0.2) is 17.7 Å². The average Bonchev–Trinajstić information content (AvgIpc) is 3.25. The van der Waals surface area contributed by atoms with Crippen LogP contribution in [0, 0.1) is 0 Å². The molecule has 2 aromatic heterocycles. The van der Waals surface area contributed by atoms with Gasteiger partial charge in [0.05, 0.1) is 6.61 Å². The highest BCUT2D eigenvalue weighted by Crippen LogP contribution is 2.38. The zero-order valence-corrected chi connectivity index (χ0v) is 15.9. The molecule has 7 heteroatoms. The van der Waals surface area contributed by atoms with Gasteiger partial charge in [-0.3, -0.25) is 0 Å². The van der Waals surface area contributed by atoms with Crippen LogP contribution in [0.4, 0.5) is 10.7 Å². The minimum atomic E-state index is -0.350. The topological polar surface area (TPSA) is 50.4 Å². The van der Waals surface area contributed by atoms with Crippen molar-refractivity contribution < 1.29 is 9.53 Å². The molecule has 128 valence electrons. The fourth-order valence-corrected chi connectivity index (χ4v) is 4.32. The Balaban J connectivity index is 1.85. The van der Waals surface area contributed by atoms with Crippen LogP contribution in [0.25, 0.3) is 10.4 Å². The lowest BCUT2D eigenvalue weighted by Gasteiger charge is -2.11. The van der Waals surface area contributed by atoms with Crippen LogP contribution in [0.1, 0.15) is 17.3 Å². The molecule has 0 radical (unpaired) electrons. The van der Waals surface area contributed by atoms with Crippen molar-refractivity contribution >= 4 is 56.7 Å². The molecule has 4 nitrogen and oxygen atoms in total. The van der Waals surface area contributed by atoms with E-state index in [2.05, 4.69) is 10.6 Å². The lowest BCUT2D eigenvalue weighted by Crippen LogP contribution is -2.20. The van der Waals surface area contributed by atoms with Crippen molar-refractivity contribution in [3.8, 4) is 10.4 Å².